The Morgan fingerprint density at radius 3 is 2.54 bits per heavy atom. The van der Waals surface area contributed by atoms with Crippen molar-refractivity contribution in [3.05, 3.63) is 69.8 Å². The van der Waals surface area contributed by atoms with Crippen molar-refractivity contribution >= 4 is 50.7 Å². The summed E-state index contributed by atoms with van der Waals surface area (Å²) >= 11 is 7.30. The molecule has 0 saturated heterocycles. The van der Waals surface area contributed by atoms with Gasteiger partial charge in [0.25, 0.3) is 5.91 Å². The van der Waals surface area contributed by atoms with Crippen LogP contribution in [0, 0.1) is 6.92 Å². The molecule has 0 aliphatic carbocycles. The minimum atomic E-state index is -0.437. The highest BCUT2D eigenvalue weighted by Crippen LogP contribution is 2.34. The Hall–Kier alpha value is -2.96. The Labute approximate surface area is 170 Å². The molecule has 4 aromatic rings. The molecule has 4 rings (SSSR count). The third-order valence-corrected chi connectivity index (χ3v) is 5.71. The summed E-state index contributed by atoms with van der Waals surface area (Å²) in [5.74, 6) is -0.374. The Morgan fingerprint density at radius 2 is 1.86 bits per heavy atom. The van der Waals surface area contributed by atoms with Gasteiger partial charge in [0.1, 0.15) is 0 Å². The molecule has 0 atom stereocenters. The molecular formula is C21H15ClN2O3S. The lowest BCUT2D eigenvalue weighted by Crippen LogP contribution is -2.11. The first-order valence-corrected chi connectivity index (χ1v) is 9.71. The number of amides is 1. The van der Waals surface area contributed by atoms with E-state index in [1.54, 1.807) is 19.1 Å². The number of carbonyl (C=O) groups excluding carboxylic acids is 2. The van der Waals surface area contributed by atoms with E-state index in [2.05, 4.69) is 10.3 Å². The maximum Gasteiger partial charge on any atom is 0.293 e. The number of aryl methyl sites for hydroxylation is 1. The number of fused-ring (bicyclic) bond motifs is 1. The summed E-state index contributed by atoms with van der Waals surface area (Å²) < 4.78 is 5.70. The van der Waals surface area contributed by atoms with E-state index < -0.39 is 5.91 Å². The summed E-state index contributed by atoms with van der Waals surface area (Å²) in [6, 6.07) is 14.7. The van der Waals surface area contributed by atoms with Crippen LogP contribution in [0.1, 0.15) is 32.7 Å². The van der Waals surface area contributed by atoms with Gasteiger partial charge in [-0.2, -0.15) is 0 Å². The molecule has 1 amide bonds. The first kappa shape index (κ1) is 18.4. The lowest BCUT2D eigenvalue weighted by atomic mass is 10.1. The van der Waals surface area contributed by atoms with Crippen molar-refractivity contribution in [2.75, 3.05) is 5.32 Å². The van der Waals surface area contributed by atoms with Gasteiger partial charge in [-0.05, 0) is 13.0 Å². The van der Waals surface area contributed by atoms with Crippen LogP contribution in [0.25, 0.3) is 22.2 Å². The zero-order valence-electron chi connectivity index (χ0n) is 15.1. The van der Waals surface area contributed by atoms with Crippen LogP contribution in [0.2, 0.25) is 5.02 Å². The van der Waals surface area contributed by atoms with E-state index in [9.17, 15) is 9.59 Å². The molecule has 0 spiro atoms. The zero-order valence-corrected chi connectivity index (χ0v) is 16.6. The number of carbonyl (C=O) groups is 2. The molecule has 5 nitrogen and oxygen atoms in total. The summed E-state index contributed by atoms with van der Waals surface area (Å²) in [4.78, 5) is 29.8. The van der Waals surface area contributed by atoms with E-state index in [1.165, 1.54) is 6.92 Å². The number of aromatic nitrogens is 1. The smallest absolute Gasteiger partial charge is 0.293 e. The number of anilines is 1. The van der Waals surface area contributed by atoms with Crippen LogP contribution in [-0.2, 0) is 0 Å². The molecule has 1 N–H and O–H groups in total. The van der Waals surface area contributed by atoms with Crippen LogP contribution in [0.4, 0.5) is 5.13 Å². The largest absolute Gasteiger partial charge is 0.449 e. The number of nitrogens with one attached hydrogen (secondary N) is 1. The van der Waals surface area contributed by atoms with Gasteiger partial charge >= 0.3 is 0 Å². The number of furan rings is 1. The molecule has 7 heteroatoms. The number of halogens is 1. The predicted molar refractivity (Wildman–Crippen MR) is 111 cm³/mol. The second-order valence-corrected chi connectivity index (χ2v) is 7.65. The first-order chi connectivity index (χ1) is 13.5. The minimum absolute atomic E-state index is 0.108. The Morgan fingerprint density at radius 1 is 1.11 bits per heavy atom. The normalized spacial score (nSPS) is 11.0. The third-order valence-electron chi connectivity index (χ3n) is 4.34. The van der Waals surface area contributed by atoms with Crippen molar-refractivity contribution in [2.45, 2.75) is 13.8 Å². The molecule has 0 aliphatic heterocycles. The number of thiazole rings is 1. The van der Waals surface area contributed by atoms with Crippen LogP contribution in [0.3, 0.4) is 0 Å². The second kappa shape index (κ2) is 7.22. The standard InChI is InChI=1S/C21H15ClN2O3S/c1-11-14-9-6-10-15(22)18(14)27-17(11)20(26)24-21-23-16(19(28-21)12(2)25)13-7-4-3-5-8-13/h3-10H,1-2H3,(H,23,24,26). The highest BCUT2D eigenvalue weighted by atomic mass is 35.5. The molecule has 0 fully saturated rings. The van der Waals surface area contributed by atoms with Crippen LogP contribution in [0.5, 0.6) is 0 Å². The number of benzene rings is 2. The van der Waals surface area contributed by atoms with Crippen LogP contribution in [-0.4, -0.2) is 16.7 Å². The summed E-state index contributed by atoms with van der Waals surface area (Å²) in [6.07, 6.45) is 0. The molecular weight excluding hydrogens is 396 g/mol. The van der Waals surface area contributed by atoms with Crippen molar-refractivity contribution < 1.29 is 14.0 Å². The summed E-state index contributed by atoms with van der Waals surface area (Å²) in [6.45, 7) is 3.28. The fourth-order valence-electron chi connectivity index (χ4n) is 2.98. The Bertz CT molecular complexity index is 1210. The third kappa shape index (κ3) is 3.21. The van der Waals surface area contributed by atoms with E-state index in [1.807, 2.05) is 36.4 Å². The van der Waals surface area contributed by atoms with Crippen LogP contribution in [0.15, 0.2) is 52.9 Å². The average Bonchev–Trinajstić information content (AvgIpc) is 3.25. The highest BCUT2D eigenvalue weighted by molar-refractivity contribution is 7.18. The second-order valence-electron chi connectivity index (χ2n) is 6.25. The Balaban J connectivity index is 1.70. The van der Waals surface area contributed by atoms with Crippen LogP contribution < -0.4 is 5.32 Å². The Kier molecular flexibility index (Phi) is 4.75. The van der Waals surface area contributed by atoms with Gasteiger partial charge in [-0.1, -0.05) is 65.4 Å². The van der Waals surface area contributed by atoms with Gasteiger partial charge < -0.3 is 4.42 Å². The lowest BCUT2D eigenvalue weighted by Gasteiger charge is -1.99. The topological polar surface area (TPSA) is 72.2 Å². The van der Waals surface area contributed by atoms with Gasteiger partial charge in [-0.25, -0.2) is 4.98 Å². The van der Waals surface area contributed by atoms with Crippen molar-refractivity contribution in [3.8, 4) is 11.3 Å². The number of Topliss-reactive ketones (excluding diaryl/α,β-unsaturated/α-hetero) is 1. The molecule has 140 valence electrons. The molecule has 0 aliphatic rings. The predicted octanol–water partition coefficient (Wildman–Crippen LogP) is 5.97. The number of nitrogens with zero attached hydrogens (tertiary/aromatic N) is 1. The maximum absolute atomic E-state index is 12.8. The van der Waals surface area contributed by atoms with Gasteiger partial charge in [-0.15, -0.1) is 0 Å². The number of rotatable bonds is 4. The van der Waals surface area contributed by atoms with Crippen molar-refractivity contribution in [1.82, 2.24) is 4.98 Å². The number of para-hydroxylation sites is 1. The number of hydrogen-bond donors (Lipinski definition) is 1. The molecule has 0 unspecified atom stereocenters. The van der Waals surface area contributed by atoms with Crippen LogP contribution >= 0.6 is 22.9 Å². The van der Waals surface area contributed by atoms with Gasteiger partial charge in [0.15, 0.2) is 22.3 Å². The van der Waals surface area contributed by atoms with Crippen molar-refractivity contribution in [2.24, 2.45) is 0 Å². The number of ketones is 1. The van der Waals surface area contributed by atoms with Gasteiger partial charge in [-0.3, -0.25) is 14.9 Å². The van der Waals surface area contributed by atoms with Gasteiger partial charge in [0.2, 0.25) is 0 Å². The molecule has 2 heterocycles. The zero-order chi connectivity index (χ0) is 19.8. The van der Waals surface area contributed by atoms with E-state index in [-0.39, 0.29) is 11.5 Å². The molecule has 28 heavy (non-hydrogen) atoms. The number of hydrogen-bond acceptors (Lipinski definition) is 5. The van der Waals surface area contributed by atoms with Gasteiger partial charge in [0.05, 0.1) is 15.6 Å². The van der Waals surface area contributed by atoms with E-state index >= 15 is 0 Å². The summed E-state index contributed by atoms with van der Waals surface area (Å²) in [7, 11) is 0. The highest BCUT2D eigenvalue weighted by Gasteiger charge is 2.22. The molecule has 0 radical (unpaired) electrons. The van der Waals surface area contributed by atoms with Crippen molar-refractivity contribution in [3.63, 3.8) is 0 Å². The summed E-state index contributed by atoms with van der Waals surface area (Å²) in [5, 5.41) is 4.30. The molecule has 2 aromatic heterocycles. The lowest BCUT2D eigenvalue weighted by molar-refractivity contribution is 0.0995. The fraction of sp³-hybridized carbons (Fsp3) is 0.0952. The SMILES string of the molecule is CC(=O)c1sc(NC(=O)c2oc3c(Cl)cccc3c2C)nc1-c1ccccc1. The monoisotopic (exact) mass is 410 g/mol. The molecule has 2 aromatic carbocycles. The first-order valence-electron chi connectivity index (χ1n) is 8.52. The average molecular weight is 411 g/mol. The van der Waals surface area contributed by atoms with E-state index in [4.69, 9.17) is 16.0 Å². The molecule has 0 bridgehead atoms. The molecule has 0 saturated carbocycles. The maximum atomic E-state index is 12.8. The van der Waals surface area contributed by atoms with Crippen molar-refractivity contribution in [1.29, 1.82) is 0 Å². The quantitative estimate of drug-likeness (QED) is 0.420. The van der Waals surface area contributed by atoms with E-state index in [0.29, 0.717) is 31.9 Å². The minimum Gasteiger partial charge on any atom is -0.449 e. The van der Waals surface area contributed by atoms with Gasteiger partial charge in [0, 0.05) is 23.4 Å². The fourth-order valence-corrected chi connectivity index (χ4v) is 4.07. The van der Waals surface area contributed by atoms with E-state index in [0.717, 1.165) is 22.3 Å². The summed E-state index contributed by atoms with van der Waals surface area (Å²) in [5.41, 5.74) is 2.54.